The van der Waals surface area contributed by atoms with Crippen LogP contribution in [0.15, 0.2) is 0 Å². The lowest BCUT2D eigenvalue weighted by Gasteiger charge is -2.14. The van der Waals surface area contributed by atoms with Crippen LogP contribution in [0.4, 0.5) is 13.2 Å². The van der Waals surface area contributed by atoms with E-state index in [0.717, 1.165) is 12.2 Å². The zero-order chi connectivity index (χ0) is 10.5. The van der Waals surface area contributed by atoms with Gasteiger partial charge in [-0.15, -0.1) is 0 Å². The molecule has 0 fully saturated rings. The van der Waals surface area contributed by atoms with E-state index in [1.54, 1.807) is 0 Å². The Morgan fingerprint density at radius 1 is 1.31 bits per heavy atom. The van der Waals surface area contributed by atoms with E-state index in [4.69, 9.17) is 0 Å². The van der Waals surface area contributed by atoms with Crippen LogP contribution in [-0.2, 0) is 0 Å². The molecular formula is C8H14BrF3S. The van der Waals surface area contributed by atoms with Gasteiger partial charge in [0.2, 0.25) is 0 Å². The van der Waals surface area contributed by atoms with Gasteiger partial charge in [-0.2, -0.15) is 24.9 Å². The molecule has 0 spiro atoms. The molecule has 0 heterocycles. The maximum Gasteiger partial charge on any atom is 0.402 e. The molecule has 0 saturated heterocycles. The fraction of sp³-hybridized carbons (Fsp3) is 1.00. The van der Waals surface area contributed by atoms with Gasteiger partial charge in [0.1, 0.15) is 4.83 Å². The zero-order valence-corrected chi connectivity index (χ0v) is 10.1. The van der Waals surface area contributed by atoms with Gasteiger partial charge in [-0.3, -0.25) is 0 Å². The Morgan fingerprint density at radius 2 is 1.85 bits per heavy atom. The topological polar surface area (TPSA) is 0 Å². The third-order valence-electron chi connectivity index (χ3n) is 1.72. The molecule has 0 radical (unpaired) electrons. The first-order chi connectivity index (χ1) is 5.88. The van der Waals surface area contributed by atoms with Gasteiger partial charge >= 0.3 is 6.18 Å². The molecule has 0 aliphatic rings. The molecule has 5 heteroatoms. The smallest absolute Gasteiger partial charge is 0.170 e. The van der Waals surface area contributed by atoms with Crippen molar-refractivity contribution in [3.05, 3.63) is 0 Å². The molecule has 0 aliphatic heterocycles. The van der Waals surface area contributed by atoms with Crippen LogP contribution >= 0.6 is 27.7 Å². The van der Waals surface area contributed by atoms with Crippen molar-refractivity contribution >= 4 is 27.7 Å². The van der Waals surface area contributed by atoms with Gasteiger partial charge in [-0.25, -0.2) is 0 Å². The number of hydrogen-bond acceptors (Lipinski definition) is 1. The third kappa shape index (κ3) is 6.66. The van der Waals surface area contributed by atoms with E-state index in [0.29, 0.717) is 5.92 Å². The molecule has 0 aromatic heterocycles. The highest BCUT2D eigenvalue weighted by Gasteiger charge is 2.37. The van der Waals surface area contributed by atoms with Gasteiger partial charge < -0.3 is 0 Å². The minimum absolute atomic E-state index is 0.105. The zero-order valence-electron chi connectivity index (χ0n) is 7.70. The summed E-state index contributed by atoms with van der Waals surface area (Å²) < 4.78 is 36.0. The van der Waals surface area contributed by atoms with Crippen LogP contribution in [0.25, 0.3) is 0 Å². The Balaban J connectivity index is 3.54. The van der Waals surface area contributed by atoms with Gasteiger partial charge in [0.25, 0.3) is 0 Å². The minimum Gasteiger partial charge on any atom is -0.170 e. The Bertz CT molecular complexity index is 138. The lowest BCUT2D eigenvalue weighted by molar-refractivity contribution is -0.122. The normalized spacial score (nSPS) is 17.1. The number of alkyl halides is 4. The molecule has 2 atom stereocenters. The highest BCUT2D eigenvalue weighted by Crippen LogP contribution is 2.29. The summed E-state index contributed by atoms with van der Waals surface area (Å²) in [6, 6.07) is 0. The van der Waals surface area contributed by atoms with Crippen LogP contribution in [0.3, 0.4) is 0 Å². The summed E-state index contributed by atoms with van der Waals surface area (Å²) >= 11 is 3.98. The van der Waals surface area contributed by atoms with Gasteiger partial charge in [-0.1, -0.05) is 36.2 Å². The van der Waals surface area contributed by atoms with Crippen molar-refractivity contribution in [3.8, 4) is 0 Å². The first kappa shape index (κ1) is 13.6. The van der Waals surface area contributed by atoms with Crippen LogP contribution in [0.2, 0.25) is 0 Å². The monoisotopic (exact) mass is 278 g/mol. The molecular weight excluding hydrogens is 265 g/mol. The Morgan fingerprint density at radius 3 is 2.23 bits per heavy atom. The average Bonchev–Trinajstić information content (AvgIpc) is 2.02. The van der Waals surface area contributed by atoms with E-state index in [1.165, 1.54) is 11.8 Å². The molecule has 0 N–H and O–H groups in total. The minimum atomic E-state index is -4.11. The lowest BCUT2D eigenvalue weighted by Crippen LogP contribution is -2.25. The SMILES string of the molecule is CCC(C)CSCC(Br)C(F)(F)F. The van der Waals surface area contributed by atoms with E-state index >= 15 is 0 Å². The summed E-state index contributed by atoms with van der Waals surface area (Å²) in [6.07, 6.45) is -3.09. The largest absolute Gasteiger partial charge is 0.402 e. The summed E-state index contributed by atoms with van der Waals surface area (Å²) in [5.74, 6) is 1.40. The standard InChI is InChI=1S/C8H14BrF3S/c1-3-6(2)4-13-5-7(9)8(10,11)12/h6-7H,3-5H2,1-2H3. The van der Waals surface area contributed by atoms with E-state index in [2.05, 4.69) is 15.9 Å². The van der Waals surface area contributed by atoms with E-state index in [-0.39, 0.29) is 5.75 Å². The summed E-state index contributed by atoms with van der Waals surface area (Å²) in [7, 11) is 0. The second-order valence-electron chi connectivity index (χ2n) is 3.06. The Labute approximate surface area is 89.8 Å². The number of rotatable bonds is 5. The molecule has 13 heavy (non-hydrogen) atoms. The average molecular weight is 279 g/mol. The third-order valence-corrected chi connectivity index (χ3v) is 4.36. The molecule has 2 unspecified atom stereocenters. The molecule has 0 aliphatic carbocycles. The fourth-order valence-corrected chi connectivity index (χ4v) is 2.32. The quantitative estimate of drug-likeness (QED) is 0.683. The van der Waals surface area contributed by atoms with Crippen LogP contribution in [0.1, 0.15) is 20.3 Å². The van der Waals surface area contributed by atoms with Crippen molar-refractivity contribution in [1.29, 1.82) is 0 Å². The van der Waals surface area contributed by atoms with Crippen molar-refractivity contribution in [3.63, 3.8) is 0 Å². The van der Waals surface area contributed by atoms with Crippen LogP contribution in [-0.4, -0.2) is 22.5 Å². The van der Waals surface area contributed by atoms with Gasteiger partial charge in [0.15, 0.2) is 0 Å². The Kier molecular flexibility index (Phi) is 6.46. The molecule has 0 saturated carbocycles. The molecule has 0 aromatic carbocycles. The van der Waals surface area contributed by atoms with Crippen molar-refractivity contribution < 1.29 is 13.2 Å². The van der Waals surface area contributed by atoms with Gasteiger partial charge in [-0.05, 0) is 11.7 Å². The molecule has 0 amide bonds. The maximum absolute atomic E-state index is 12.0. The predicted octanol–water partition coefficient (Wildman–Crippen LogP) is 4.09. The molecule has 80 valence electrons. The lowest BCUT2D eigenvalue weighted by atomic mass is 10.2. The second kappa shape index (κ2) is 6.17. The first-order valence-corrected chi connectivity index (χ1v) is 6.23. The number of thioether (sulfide) groups is 1. The number of hydrogen-bond donors (Lipinski definition) is 0. The molecule has 0 aromatic rings. The van der Waals surface area contributed by atoms with Crippen molar-refractivity contribution in [2.45, 2.75) is 31.3 Å². The highest BCUT2D eigenvalue weighted by molar-refractivity contribution is 9.09. The molecule has 0 bridgehead atoms. The van der Waals surface area contributed by atoms with Crippen molar-refractivity contribution in [2.75, 3.05) is 11.5 Å². The van der Waals surface area contributed by atoms with Gasteiger partial charge in [0, 0.05) is 5.75 Å². The highest BCUT2D eigenvalue weighted by atomic mass is 79.9. The summed E-state index contributed by atoms with van der Waals surface area (Å²) in [5.41, 5.74) is 0. The van der Waals surface area contributed by atoms with Crippen molar-refractivity contribution in [1.82, 2.24) is 0 Å². The van der Waals surface area contributed by atoms with Crippen LogP contribution in [0.5, 0.6) is 0 Å². The Hall–Kier alpha value is 0.620. The van der Waals surface area contributed by atoms with Crippen molar-refractivity contribution in [2.24, 2.45) is 5.92 Å². The second-order valence-corrected chi connectivity index (χ2v) is 5.24. The molecule has 0 nitrogen and oxygen atoms in total. The predicted molar refractivity (Wildman–Crippen MR) is 55.6 cm³/mol. The van der Waals surface area contributed by atoms with E-state index in [1.807, 2.05) is 13.8 Å². The fourth-order valence-electron chi connectivity index (χ4n) is 0.585. The van der Waals surface area contributed by atoms with Crippen LogP contribution < -0.4 is 0 Å². The molecule has 0 rings (SSSR count). The van der Waals surface area contributed by atoms with Crippen LogP contribution in [0, 0.1) is 5.92 Å². The first-order valence-electron chi connectivity index (χ1n) is 4.16. The van der Waals surface area contributed by atoms with E-state index < -0.39 is 11.0 Å². The summed E-state index contributed by atoms with van der Waals surface area (Å²) in [6.45, 7) is 4.09. The van der Waals surface area contributed by atoms with E-state index in [9.17, 15) is 13.2 Å². The summed E-state index contributed by atoms with van der Waals surface area (Å²) in [5, 5.41) is 0. The van der Waals surface area contributed by atoms with Gasteiger partial charge in [0.05, 0.1) is 0 Å². The summed E-state index contributed by atoms with van der Waals surface area (Å²) in [4.78, 5) is -1.37. The maximum atomic E-state index is 12.0. The number of halogens is 4.